The molecule has 232 valence electrons. The van der Waals surface area contributed by atoms with E-state index in [0.29, 0.717) is 22.1 Å². The molecule has 17 nitrogen and oxygen atoms in total. The van der Waals surface area contributed by atoms with Crippen molar-refractivity contribution in [2.75, 3.05) is 29.8 Å². The first-order valence-electron chi connectivity index (χ1n) is 12.4. The summed E-state index contributed by atoms with van der Waals surface area (Å²) in [5, 5.41) is 32.0. The number of thiazole rings is 1. The number of hydrogen-bond donors (Lipinski definition) is 5. The number of rotatable bonds is 10. The number of aliphatic carboxylic acids is 1. The number of hydrogen-bond acceptors (Lipinski definition) is 14. The van der Waals surface area contributed by atoms with Crippen molar-refractivity contribution in [1.82, 2.24) is 30.8 Å². The number of nitrogens with zero attached hydrogens (tertiary/aromatic N) is 6. The van der Waals surface area contributed by atoms with E-state index < -0.39 is 41.2 Å². The van der Waals surface area contributed by atoms with Gasteiger partial charge in [0.25, 0.3) is 11.8 Å². The van der Waals surface area contributed by atoms with Gasteiger partial charge in [-0.3, -0.25) is 19.3 Å². The number of halogens is 1. The average Bonchev–Trinajstić information content (AvgIpc) is 3.63. The molecule has 2 atom stereocenters. The van der Waals surface area contributed by atoms with Crippen LogP contribution in [0.15, 0.2) is 49.9 Å². The van der Waals surface area contributed by atoms with Crippen molar-refractivity contribution < 1.29 is 39.0 Å². The van der Waals surface area contributed by atoms with E-state index in [4.69, 9.17) is 16.4 Å². The quantitative estimate of drug-likeness (QED) is 0.101. The van der Waals surface area contributed by atoms with Gasteiger partial charge in [-0.15, -0.1) is 52.0 Å². The summed E-state index contributed by atoms with van der Waals surface area (Å²) in [7, 11) is 1.23. The van der Waals surface area contributed by atoms with Crippen LogP contribution in [0, 0.1) is 0 Å². The topological polar surface area (TPSA) is 218 Å². The van der Waals surface area contributed by atoms with Crippen molar-refractivity contribution >= 4 is 92.8 Å². The maximum atomic E-state index is 13.2. The fourth-order valence-electron chi connectivity index (χ4n) is 4.32. The molecule has 0 aliphatic carbocycles. The summed E-state index contributed by atoms with van der Waals surface area (Å²) >= 11 is 9.05. The molecule has 4 aliphatic heterocycles. The highest BCUT2D eigenvalue weighted by Gasteiger charge is 2.54. The Morgan fingerprint density at radius 2 is 2.09 bits per heavy atom. The average molecular weight is 684 g/mol. The van der Waals surface area contributed by atoms with Crippen molar-refractivity contribution in [2.24, 2.45) is 10.1 Å². The lowest BCUT2D eigenvalue weighted by Gasteiger charge is -2.49. The number of oxime groups is 1. The van der Waals surface area contributed by atoms with E-state index in [1.54, 1.807) is 13.0 Å². The number of carbonyl (C=O) groups excluding carboxylic acids is 3. The van der Waals surface area contributed by atoms with Crippen LogP contribution in [0.2, 0.25) is 0 Å². The van der Waals surface area contributed by atoms with Crippen LogP contribution in [-0.2, 0) is 24.0 Å². The summed E-state index contributed by atoms with van der Waals surface area (Å²) in [6.07, 6.45) is 1.79. The van der Waals surface area contributed by atoms with E-state index in [0.717, 1.165) is 21.2 Å². The van der Waals surface area contributed by atoms with Crippen LogP contribution in [0.3, 0.4) is 0 Å². The molecule has 5 rings (SSSR count). The lowest BCUT2D eigenvalue weighted by molar-refractivity contribution is -0.150. The van der Waals surface area contributed by atoms with E-state index in [-0.39, 0.29) is 39.6 Å². The first-order chi connectivity index (χ1) is 21.0. The summed E-state index contributed by atoms with van der Waals surface area (Å²) in [6.45, 7) is 1.74. The Bertz CT molecular complexity index is 1610. The van der Waals surface area contributed by atoms with Crippen LogP contribution in [0.1, 0.15) is 12.6 Å². The van der Waals surface area contributed by atoms with Crippen LogP contribution >= 0.6 is 46.5 Å². The number of alkyl halides is 1. The zero-order chi connectivity index (χ0) is 31.7. The van der Waals surface area contributed by atoms with Crippen molar-refractivity contribution in [3.63, 3.8) is 0 Å². The number of carboxylic acid groups (broad SMARTS) is 2. The molecule has 4 aliphatic rings. The van der Waals surface area contributed by atoms with Gasteiger partial charge in [-0.05, 0) is 18.6 Å². The number of allylic oxidation sites excluding steroid dienone is 1. The second kappa shape index (κ2) is 12.9. The Labute approximate surface area is 265 Å². The molecule has 1 aromatic heterocycles. The summed E-state index contributed by atoms with van der Waals surface area (Å²) in [6, 6.07) is -1.05. The summed E-state index contributed by atoms with van der Waals surface area (Å²) in [5.74, 6) is -2.70. The van der Waals surface area contributed by atoms with Gasteiger partial charge in [-0.2, -0.15) is 5.01 Å². The molecule has 1 saturated heterocycles. The van der Waals surface area contributed by atoms with Gasteiger partial charge in [0.15, 0.2) is 16.7 Å². The van der Waals surface area contributed by atoms with Crippen molar-refractivity contribution in [1.29, 1.82) is 0 Å². The van der Waals surface area contributed by atoms with Crippen LogP contribution in [0.5, 0.6) is 0 Å². The predicted molar refractivity (Wildman–Crippen MR) is 161 cm³/mol. The van der Waals surface area contributed by atoms with Crippen molar-refractivity contribution in [3.05, 3.63) is 45.5 Å². The van der Waals surface area contributed by atoms with E-state index in [9.17, 15) is 34.2 Å². The molecule has 1 fully saturated rings. The molecular formula is C23H22ClN9O8S3. The number of aliphatic imine (C=N–C) groups is 1. The molecule has 0 aromatic carbocycles. The normalized spacial score (nSPS) is 21.1. The smallest absolute Gasteiger partial charge is 0.427 e. The molecule has 5 heterocycles. The van der Waals surface area contributed by atoms with Gasteiger partial charge in [0.1, 0.15) is 35.8 Å². The van der Waals surface area contributed by atoms with Gasteiger partial charge in [-0.1, -0.05) is 5.16 Å². The van der Waals surface area contributed by atoms with Gasteiger partial charge < -0.3 is 25.7 Å². The monoisotopic (exact) mass is 683 g/mol. The molecule has 0 saturated carbocycles. The van der Waals surface area contributed by atoms with Gasteiger partial charge in [0.2, 0.25) is 5.91 Å². The molecule has 4 amide bonds. The number of thioether (sulfide) groups is 2. The second-order valence-corrected chi connectivity index (χ2v) is 12.3. The molecule has 21 heteroatoms. The number of aromatic nitrogens is 1. The Balaban J connectivity index is 1.28. The van der Waals surface area contributed by atoms with Gasteiger partial charge >= 0.3 is 12.1 Å². The number of hydrazine groups is 2. The number of carboxylic acids is 1. The van der Waals surface area contributed by atoms with Gasteiger partial charge in [-0.25, -0.2) is 24.6 Å². The van der Waals surface area contributed by atoms with Crippen molar-refractivity contribution in [3.8, 4) is 0 Å². The molecule has 0 spiro atoms. The highest BCUT2D eigenvalue weighted by atomic mass is 35.5. The minimum Gasteiger partial charge on any atom is -0.477 e. The molecule has 1 aromatic rings. The second-order valence-electron chi connectivity index (χ2n) is 9.06. The molecule has 44 heavy (non-hydrogen) atoms. The molecular weight excluding hydrogens is 662 g/mol. The maximum Gasteiger partial charge on any atom is 0.427 e. The molecule has 0 unspecified atom stereocenters. The highest BCUT2D eigenvalue weighted by molar-refractivity contribution is 8.03. The number of β-lactam (4-membered cyclic amide) rings is 1. The summed E-state index contributed by atoms with van der Waals surface area (Å²) < 4.78 is 0. The first-order valence-corrected chi connectivity index (χ1v) is 15.8. The highest BCUT2D eigenvalue weighted by Crippen LogP contribution is 2.42. The fraction of sp³-hybridized carbons (Fsp3) is 0.304. The van der Waals surface area contributed by atoms with Crippen molar-refractivity contribution in [2.45, 2.75) is 18.3 Å². The Morgan fingerprint density at radius 1 is 1.32 bits per heavy atom. The Kier molecular flexibility index (Phi) is 9.15. The number of carbonyl (C=O) groups is 5. The number of fused-ring (bicyclic) bond motifs is 2. The third kappa shape index (κ3) is 6.11. The van der Waals surface area contributed by atoms with E-state index in [2.05, 4.69) is 31.3 Å². The lowest BCUT2D eigenvalue weighted by atomic mass is 10.0. The largest absolute Gasteiger partial charge is 0.477 e. The minimum atomic E-state index is -1.30. The van der Waals surface area contributed by atoms with Crippen LogP contribution < -0.4 is 16.2 Å². The number of anilines is 1. The van der Waals surface area contributed by atoms with E-state index in [1.807, 2.05) is 0 Å². The number of amides is 4. The lowest BCUT2D eigenvalue weighted by Crippen LogP contribution is -2.71. The zero-order valence-corrected chi connectivity index (χ0v) is 25.8. The van der Waals surface area contributed by atoms with Gasteiger partial charge in [0.05, 0.1) is 11.2 Å². The van der Waals surface area contributed by atoms with Crippen LogP contribution in [0.4, 0.5) is 9.93 Å². The van der Waals surface area contributed by atoms with E-state index >= 15 is 0 Å². The number of nitrogens with one attached hydrogen (secondary N) is 3. The van der Waals surface area contributed by atoms with Crippen LogP contribution in [-0.4, -0.2) is 107 Å². The van der Waals surface area contributed by atoms with Gasteiger partial charge in [0, 0.05) is 22.6 Å². The third-order valence-corrected chi connectivity index (χ3v) is 9.60. The fourth-order valence-corrected chi connectivity index (χ4v) is 7.65. The SMILES string of the molecule is CON=C(C(=O)N[C@@H]1C(=O)N2C(C(=O)O)=C(CSC3=CC(C)=NC4=CN(C(=O)O)NN43)CS[C@H]12)c1csc(NC(=O)CCl)n1. The summed E-state index contributed by atoms with van der Waals surface area (Å²) in [5.41, 5.74) is 3.42. The first kappa shape index (κ1) is 31.3. The molecule has 5 N–H and O–H groups in total. The standard InChI is InChI=1S/C23H22ClN9O8S3/c1-9-3-14(33-12(25-9)5-31(30-33)23(39)40)42-6-10-7-43-20-16(19(36)32(20)17(10)21(37)38)28-18(35)15(29-41-2)11-8-44-22(26-11)27-13(34)4-24/h3,5,8,16,20,30H,4,6-7H2,1-2H3,(H,28,35)(H,37,38)(H,39,40)(H,26,27,34)/t16-,20-/m1/s1. The zero-order valence-electron chi connectivity index (χ0n) is 22.6. The predicted octanol–water partition coefficient (Wildman–Crippen LogP) is 0.973. The molecule has 0 radical (unpaired) electrons. The maximum absolute atomic E-state index is 13.2. The Morgan fingerprint density at radius 3 is 2.77 bits per heavy atom. The Hall–Kier alpha value is -4.11. The minimum absolute atomic E-state index is 0.0823. The van der Waals surface area contributed by atoms with Crippen LogP contribution in [0.25, 0.3) is 0 Å². The third-order valence-electron chi connectivity index (χ3n) is 6.17. The summed E-state index contributed by atoms with van der Waals surface area (Å²) in [4.78, 5) is 76.0. The van der Waals surface area contributed by atoms with E-state index in [1.165, 1.54) is 47.2 Å². The molecule has 0 bridgehead atoms.